The third kappa shape index (κ3) is 4.35. The molecule has 3 atom stereocenters. The van der Waals surface area contributed by atoms with Crippen molar-refractivity contribution in [3.8, 4) is 0 Å². The average Bonchev–Trinajstić information content (AvgIpc) is 2.46. The van der Waals surface area contributed by atoms with Gasteiger partial charge in [0.05, 0.1) is 12.0 Å². The van der Waals surface area contributed by atoms with Crippen LogP contribution in [0.2, 0.25) is 0 Å². The van der Waals surface area contributed by atoms with E-state index in [1.165, 1.54) is 6.92 Å². The quantitative estimate of drug-likeness (QED) is 0.435. The zero-order chi connectivity index (χ0) is 15.1. The minimum atomic E-state index is -1.00. The molecule has 0 radical (unpaired) electrons. The lowest BCUT2D eigenvalue weighted by molar-refractivity contribution is -0.170. The molecule has 5 heteroatoms. The Balaban J connectivity index is 2.64. The smallest absolute Gasteiger partial charge is 0.308 e. The third-order valence-electron chi connectivity index (χ3n) is 3.70. The predicted molar refractivity (Wildman–Crippen MR) is 74.4 cm³/mol. The molecule has 1 amide bonds. The van der Waals surface area contributed by atoms with Gasteiger partial charge < -0.3 is 5.11 Å². The topological polar surface area (TPSA) is 77.8 Å². The van der Waals surface area contributed by atoms with Gasteiger partial charge >= 0.3 is 5.97 Å². The van der Waals surface area contributed by atoms with E-state index in [1.807, 2.05) is 37.3 Å². The van der Waals surface area contributed by atoms with E-state index >= 15 is 0 Å². The van der Waals surface area contributed by atoms with Crippen LogP contribution in [0.15, 0.2) is 30.3 Å². The minimum Gasteiger partial charge on any atom is -0.481 e. The Morgan fingerprint density at radius 2 is 1.85 bits per heavy atom. The number of hydrogen-bond acceptors (Lipinski definition) is 3. The van der Waals surface area contributed by atoms with Gasteiger partial charge in [-0.05, 0) is 31.2 Å². The summed E-state index contributed by atoms with van der Waals surface area (Å²) in [5.41, 5.74) is 1.15. The van der Waals surface area contributed by atoms with Crippen LogP contribution in [0.4, 0.5) is 0 Å². The molecule has 0 aromatic heterocycles. The summed E-state index contributed by atoms with van der Waals surface area (Å²) in [5.74, 6) is -1.55. The molecule has 110 valence electrons. The Morgan fingerprint density at radius 1 is 1.25 bits per heavy atom. The van der Waals surface area contributed by atoms with E-state index in [0.717, 1.165) is 5.56 Å². The third-order valence-corrected chi connectivity index (χ3v) is 3.70. The summed E-state index contributed by atoms with van der Waals surface area (Å²) in [6.07, 6.45) is 1.32. The summed E-state index contributed by atoms with van der Waals surface area (Å²) >= 11 is 0. The highest BCUT2D eigenvalue weighted by Gasteiger charge is 2.28. The Bertz CT molecular complexity index is 435. The monoisotopic (exact) mass is 279 g/mol. The number of benzene rings is 1. The molecule has 1 aromatic rings. The van der Waals surface area contributed by atoms with Crippen molar-refractivity contribution in [2.75, 3.05) is 0 Å². The van der Waals surface area contributed by atoms with Crippen molar-refractivity contribution in [2.24, 2.45) is 5.92 Å². The van der Waals surface area contributed by atoms with Crippen molar-refractivity contribution < 1.29 is 19.9 Å². The zero-order valence-electron chi connectivity index (χ0n) is 11.8. The van der Waals surface area contributed by atoms with E-state index in [-0.39, 0.29) is 12.3 Å². The molecule has 0 heterocycles. The molecule has 1 rings (SSSR count). The highest BCUT2D eigenvalue weighted by molar-refractivity contribution is 5.71. The second kappa shape index (κ2) is 7.65. The van der Waals surface area contributed by atoms with Crippen molar-refractivity contribution in [3.63, 3.8) is 0 Å². The van der Waals surface area contributed by atoms with Gasteiger partial charge in [-0.3, -0.25) is 14.8 Å². The summed E-state index contributed by atoms with van der Waals surface area (Å²) in [4.78, 5) is 21.8. The SMILES string of the molecule is CC(CCC(C(=O)O)C(C)N(O)C=O)c1ccccc1. The molecule has 0 aliphatic heterocycles. The molecule has 0 fully saturated rings. The van der Waals surface area contributed by atoms with E-state index in [2.05, 4.69) is 0 Å². The number of nitrogens with zero attached hydrogens (tertiary/aromatic N) is 1. The first-order chi connectivity index (χ1) is 9.47. The van der Waals surface area contributed by atoms with E-state index < -0.39 is 17.9 Å². The zero-order valence-corrected chi connectivity index (χ0v) is 11.8. The lowest BCUT2D eigenvalue weighted by Gasteiger charge is -2.25. The van der Waals surface area contributed by atoms with Crippen molar-refractivity contribution in [1.29, 1.82) is 0 Å². The highest BCUT2D eigenvalue weighted by Crippen LogP contribution is 2.25. The lowest BCUT2D eigenvalue weighted by Crippen LogP contribution is -2.39. The van der Waals surface area contributed by atoms with E-state index in [0.29, 0.717) is 17.9 Å². The molecule has 3 unspecified atom stereocenters. The van der Waals surface area contributed by atoms with Crippen LogP contribution in [0.25, 0.3) is 0 Å². The van der Waals surface area contributed by atoms with E-state index in [9.17, 15) is 19.9 Å². The van der Waals surface area contributed by atoms with Crippen molar-refractivity contribution in [2.45, 2.75) is 38.6 Å². The number of carboxylic acids is 1. The number of aliphatic carboxylic acids is 1. The Kier molecular flexibility index (Phi) is 6.18. The highest BCUT2D eigenvalue weighted by atomic mass is 16.5. The van der Waals surface area contributed by atoms with Crippen LogP contribution in [-0.4, -0.2) is 33.8 Å². The van der Waals surface area contributed by atoms with Gasteiger partial charge in [-0.2, -0.15) is 0 Å². The van der Waals surface area contributed by atoms with Crippen LogP contribution >= 0.6 is 0 Å². The Hall–Kier alpha value is -1.88. The molecule has 20 heavy (non-hydrogen) atoms. The molecule has 0 saturated heterocycles. The molecule has 0 spiro atoms. The van der Waals surface area contributed by atoms with Crippen LogP contribution in [0.1, 0.15) is 38.2 Å². The number of carbonyl (C=O) groups is 2. The summed E-state index contributed by atoms with van der Waals surface area (Å²) in [6, 6.07) is 9.11. The molecule has 0 aliphatic carbocycles. The van der Waals surface area contributed by atoms with Crippen LogP contribution in [0.3, 0.4) is 0 Å². The Labute approximate surface area is 118 Å². The molecular formula is C15H21NO4. The number of hydroxylamine groups is 2. The molecule has 2 N–H and O–H groups in total. The predicted octanol–water partition coefficient (Wildman–Crippen LogP) is 2.51. The van der Waals surface area contributed by atoms with Crippen molar-refractivity contribution in [3.05, 3.63) is 35.9 Å². The van der Waals surface area contributed by atoms with Gasteiger partial charge in [-0.1, -0.05) is 37.3 Å². The number of rotatable bonds is 8. The summed E-state index contributed by atoms with van der Waals surface area (Å²) in [6.45, 7) is 3.57. The maximum Gasteiger partial charge on any atom is 0.308 e. The lowest BCUT2D eigenvalue weighted by atomic mass is 9.88. The molecule has 0 saturated carbocycles. The normalized spacial score (nSPS) is 15.2. The van der Waals surface area contributed by atoms with Gasteiger partial charge in [0.15, 0.2) is 0 Å². The second-order valence-electron chi connectivity index (χ2n) is 5.06. The summed E-state index contributed by atoms with van der Waals surface area (Å²) < 4.78 is 0. The Morgan fingerprint density at radius 3 is 2.35 bits per heavy atom. The van der Waals surface area contributed by atoms with Gasteiger partial charge in [-0.15, -0.1) is 0 Å². The van der Waals surface area contributed by atoms with Crippen LogP contribution in [0, 0.1) is 5.92 Å². The number of hydrogen-bond donors (Lipinski definition) is 2. The average molecular weight is 279 g/mol. The standard InChI is InChI=1S/C15H21NO4/c1-11(13-6-4-3-5-7-13)8-9-14(15(18)19)12(2)16(20)10-17/h3-7,10-12,14,20H,8-9H2,1-2H3,(H,18,19). The fraction of sp³-hybridized carbons (Fsp3) is 0.467. The number of carbonyl (C=O) groups excluding carboxylic acids is 1. The fourth-order valence-corrected chi connectivity index (χ4v) is 2.23. The maximum absolute atomic E-state index is 11.3. The molecule has 5 nitrogen and oxygen atoms in total. The maximum atomic E-state index is 11.3. The molecule has 0 bridgehead atoms. The van der Waals surface area contributed by atoms with Gasteiger partial charge in [0, 0.05) is 0 Å². The summed E-state index contributed by atoms with van der Waals surface area (Å²) in [7, 11) is 0. The first-order valence-corrected chi connectivity index (χ1v) is 6.67. The van der Waals surface area contributed by atoms with Gasteiger partial charge in [0.25, 0.3) is 0 Å². The fourth-order valence-electron chi connectivity index (χ4n) is 2.23. The number of carboxylic acid groups (broad SMARTS) is 1. The van der Waals surface area contributed by atoms with Gasteiger partial charge in [0.2, 0.25) is 6.41 Å². The first-order valence-electron chi connectivity index (χ1n) is 6.67. The van der Waals surface area contributed by atoms with Gasteiger partial charge in [-0.25, -0.2) is 5.06 Å². The molecular weight excluding hydrogens is 258 g/mol. The summed E-state index contributed by atoms with van der Waals surface area (Å²) in [5, 5.41) is 19.0. The van der Waals surface area contributed by atoms with Crippen molar-refractivity contribution >= 4 is 12.4 Å². The van der Waals surface area contributed by atoms with E-state index in [1.54, 1.807) is 0 Å². The van der Waals surface area contributed by atoms with Gasteiger partial charge in [0.1, 0.15) is 0 Å². The second-order valence-corrected chi connectivity index (χ2v) is 5.06. The first kappa shape index (κ1) is 16.2. The largest absolute Gasteiger partial charge is 0.481 e. The van der Waals surface area contributed by atoms with Crippen LogP contribution in [0.5, 0.6) is 0 Å². The van der Waals surface area contributed by atoms with Crippen LogP contribution in [-0.2, 0) is 9.59 Å². The number of amides is 1. The molecule has 1 aromatic carbocycles. The molecule has 0 aliphatic rings. The van der Waals surface area contributed by atoms with Crippen LogP contribution < -0.4 is 0 Å². The minimum absolute atomic E-state index is 0.230. The van der Waals surface area contributed by atoms with Crippen molar-refractivity contribution in [1.82, 2.24) is 5.06 Å². The van der Waals surface area contributed by atoms with E-state index in [4.69, 9.17) is 0 Å².